The maximum absolute atomic E-state index is 9.10. The molecule has 0 saturated heterocycles. The van der Waals surface area contributed by atoms with Crippen molar-refractivity contribution < 1.29 is 5.11 Å². The van der Waals surface area contributed by atoms with Gasteiger partial charge in [-0.1, -0.05) is 6.92 Å². The number of nitrogens with zero attached hydrogens (tertiary/aromatic N) is 1. The summed E-state index contributed by atoms with van der Waals surface area (Å²) in [4.78, 5) is 0. The van der Waals surface area contributed by atoms with Crippen molar-refractivity contribution in [3.05, 3.63) is 0 Å². The van der Waals surface area contributed by atoms with Crippen LogP contribution < -0.4 is 5.32 Å². The Kier molecular flexibility index (Phi) is 9.80. The predicted octanol–water partition coefficient (Wildman–Crippen LogP) is 2.16. The van der Waals surface area contributed by atoms with Crippen molar-refractivity contribution in [3.63, 3.8) is 0 Å². The van der Waals surface area contributed by atoms with Crippen molar-refractivity contribution in [2.45, 2.75) is 45.1 Å². The van der Waals surface area contributed by atoms with E-state index in [0.29, 0.717) is 0 Å². The van der Waals surface area contributed by atoms with Gasteiger partial charge in [-0.2, -0.15) is 17.0 Å². The van der Waals surface area contributed by atoms with Gasteiger partial charge in [0.25, 0.3) is 0 Å². The van der Waals surface area contributed by atoms with Gasteiger partial charge in [0.1, 0.15) is 5.54 Å². The average Bonchev–Trinajstić information content (AvgIpc) is 2.31. The number of nitriles is 1. The van der Waals surface area contributed by atoms with Crippen molar-refractivity contribution in [2.75, 3.05) is 24.7 Å². The van der Waals surface area contributed by atoms with Gasteiger partial charge < -0.3 is 5.11 Å². The third-order valence-corrected chi connectivity index (χ3v) is 3.58. The Morgan fingerprint density at radius 2 is 2.06 bits per heavy atom. The molecular weight excluding hydrogens is 220 g/mol. The molecular formula is C12H24N2OS. The third-order valence-electron chi connectivity index (χ3n) is 2.42. The Bertz CT molecular complexity index is 206. The van der Waals surface area contributed by atoms with Crippen molar-refractivity contribution in [2.24, 2.45) is 0 Å². The number of hydrogen-bond acceptors (Lipinski definition) is 4. The molecule has 94 valence electrons. The molecule has 0 heterocycles. The van der Waals surface area contributed by atoms with Gasteiger partial charge in [-0.25, -0.2) is 0 Å². The molecule has 0 saturated carbocycles. The van der Waals surface area contributed by atoms with E-state index < -0.39 is 0 Å². The first-order valence-electron chi connectivity index (χ1n) is 6.03. The van der Waals surface area contributed by atoms with Gasteiger partial charge in [0, 0.05) is 6.61 Å². The van der Waals surface area contributed by atoms with E-state index in [1.54, 1.807) is 0 Å². The number of thioether (sulfide) groups is 1. The van der Waals surface area contributed by atoms with Crippen LogP contribution in [0.5, 0.6) is 0 Å². The summed E-state index contributed by atoms with van der Waals surface area (Å²) in [6.07, 6.45) is 3.88. The monoisotopic (exact) mass is 244 g/mol. The highest BCUT2D eigenvalue weighted by atomic mass is 32.2. The summed E-state index contributed by atoms with van der Waals surface area (Å²) in [6, 6.07) is 2.35. The van der Waals surface area contributed by atoms with Crippen LogP contribution in [-0.2, 0) is 0 Å². The lowest BCUT2D eigenvalue weighted by molar-refractivity contribution is 0.296. The second kappa shape index (κ2) is 9.95. The fourth-order valence-corrected chi connectivity index (χ4v) is 2.27. The zero-order valence-electron chi connectivity index (χ0n) is 10.5. The van der Waals surface area contributed by atoms with Crippen molar-refractivity contribution in [1.29, 1.82) is 5.26 Å². The highest BCUT2D eigenvalue weighted by Crippen LogP contribution is 2.14. The van der Waals surface area contributed by atoms with Crippen LogP contribution in [0, 0.1) is 11.3 Å². The van der Waals surface area contributed by atoms with Crippen LogP contribution >= 0.6 is 11.8 Å². The highest BCUT2D eigenvalue weighted by molar-refractivity contribution is 7.99. The summed E-state index contributed by atoms with van der Waals surface area (Å²) in [5, 5.41) is 21.0. The first-order valence-corrected chi connectivity index (χ1v) is 7.19. The molecule has 4 heteroatoms. The third kappa shape index (κ3) is 7.98. The fraction of sp³-hybridized carbons (Fsp3) is 0.917. The Morgan fingerprint density at radius 3 is 2.62 bits per heavy atom. The standard InChI is InChI=1S/C12H24N2OS/c1-3-7-14-12(2,11-13)6-4-9-16-10-5-8-15/h14-15H,3-10H2,1-2H3. The summed E-state index contributed by atoms with van der Waals surface area (Å²) < 4.78 is 0. The second-order valence-electron chi connectivity index (χ2n) is 4.16. The lowest BCUT2D eigenvalue weighted by Crippen LogP contribution is -2.41. The van der Waals surface area contributed by atoms with Gasteiger partial charge in [0.05, 0.1) is 6.07 Å². The number of rotatable bonds is 10. The molecule has 0 spiro atoms. The normalized spacial score (nSPS) is 14.4. The quantitative estimate of drug-likeness (QED) is 0.578. The van der Waals surface area contributed by atoms with E-state index in [1.165, 1.54) is 0 Å². The molecule has 1 unspecified atom stereocenters. The van der Waals surface area contributed by atoms with E-state index in [4.69, 9.17) is 10.4 Å². The van der Waals surface area contributed by atoms with Crippen LogP contribution in [-0.4, -0.2) is 35.3 Å². The van der Waals surface area contributed by atoms with Crippen LogP contribution in [0.4, 0.5) is 0 Å². The van der Waals surface area contributed by atoms with E-state index in [9.17, 15) is 0 Å². The van der Waals surface area contributed by atoms with Gasteiger partial charge in [-0.05, 0) is 50.7 Å². The number of aliphatic hydroxyl groups is 1. The summed E-state index contributed by atoms with van der Waals surface area (Å²) in [7, 11) is 0. The van der Waals surface area contributed by atoms with E-state index in [1.807, 2.05) is 18.7 Å². The summed E-state index contributed by atoms with van der Waals surface area (Å²) in [5.74, 6) is 2.09. The molecule has 0 radical (unpaired) electrons. The Balaban J connectivity index is 3.58. The molecule has 0 fully saturated rings. The number of aliphatic hydroxyl groups excluding tert-OH is 1. The molecule has 0 rings (SSSR count). The fourth-order valence-electron chi connectivity index (χ4n) is 1.38. The van der Waals surface area contributed by atoms with Crippen LogP contribution in [0.15, 0.2) is 0 Å². The van der Waals surface area contributed by atoms with Crippen LogP contribution in [0.25, 0.3) is 0 Å². The van der Waals surface area contributed by atoms with Crippen molar-refractivity contribution >= 4 is 11.8 Å². The predicted molar refractivity (Wildman–Crippen MR) is 70.6 cm³/mol. The Hall–Kier alpha value is -0.240. The van der Waals surface area contributed by atoms with Gasteiger partial charge in [-0.15, -0.1) is 0 Å². The smallest absolute Gasteiger partial charge is 0.103 e. The zero-order valence-corrected chi connectivity index (χ0v) is 11.3. The molecule has 0 aliphatic carbocycles. The minimum Gasteiger partial charge on any atom is -0.396 e. The van der Waals surface area contributed by atoms with E-state index in [0.717, 1.165) is 43.7 Å². The largest absolute Gasteiger partial charge is 0.396 e. The maximum atomic E-state index is 9.10. The molecule has 0 aromatic rings. The SMILES string of the molecule is CCCNC(C)(C#N)CCCSCCCO. The summed E-state index contributed by atoms with van der Waals surface area (Å²) in [5.41, 5.74) is -0.368. The minimum absolute atomic E-state index is 0.279. The van der Waals surface area contributed by atoms with E-state index in [2.05, 4.69) is 18.3 Å². The molecule has 1 atom stereocenters. The topological polar surface area (TPSA) is 56.0 Å². The summed E-state index contributed by atoms with van der Waals surface area (Å²) >= 11 is 1.86. The van der Waals surface area contributed by atoms with Gasteiger partial charge in [0.2, 0.25) is 0 Å². The van der Waals surface area contributed by atoms with Gasteiger partial charge in [0.15, 0.2) is 0 Å². The molecule has 0 aromatic carbocycles. The average molecular weight is 244 g/mol. The highest BCUT2D eigenvalue weighted by Gasteiger charge is 2.21. The number of nitrogens with one attached hydrogen (secondary N) is 1. The molecule has 0 aliphatic heterocycles. The molecule has 0 aliphatic rings. The van der Waals surface area contributed by atoms with Crippen molar-refractivity contribution in [1.82, 2.24) is 5.32 Å². The molecule has 0 aromatic heterocycles. The maximum Gasteiger partial charge on any atom is 0.103 e. The van der Waals surface area contributed by atoms with E-state index in [-0.39, 0.29) is 12.1 Å². The minimum atomic E-state index is -0.368. The van der Waals surface area contributed by atoms with E-state index >= 15 is 0 Å². The van der Waals surface area contributed by atoms with Crippen molar-refractivity contribution in [3.8, 4) is 6.07 Å². The molecule has 2 N–H and O–H groups in total. The second-order valence-corrected chi connectivity index (χ2v) is 5.39. The Labute approximate surface area is 104 Å². The lowest BCUT2D eigenvalue weighted by atomic mass is 9.98. The first kappa shape index (κ1) is 15.8. The number of hydrogen-bond donors (Lipinski definition) is 2. The molecule has 3 nitrogen and oxygen atoms in total. The molecule has 0 amide bonds. The summed E-state index contributed by atoms with van der Waals surface area (Å²) in [6.45, 7) is 5.26. The molecule has 0 bridgehead atoms. The van der Waals surface area contributed by atoms with Crippen LogP contribution in [0.2, 0.25) is 0 Å². The Morgan fingerprint density at radius 1 is 1.38 bits per heavy atom. The lowest BCUT2D eigenvalue weighted by Gasteiger charge is -2.22. The van der Waals surface area contributed by atoms with Gasteiger partial charge in [-0.3, -0.25) is 5.32 Å². The van der Waals surface area contributed by atoms with Crippen LogP contribution in [0.3, 0.4) is 0 Å². The van der Waals surface area contributed by atoms with Crippen LogP contribution in [0.1, 0.15) is 39.5 Å². The molecule has 16 heavy (non-hydrogen) atoms. The van der Waals surface area contributed by atoms with Gasteiger partial charge >= 0.3 is 0 Å². The first-order chi connectivity index (χ1) is 7.68. The zero-order chi connectivity index (χ0) is 12.3.